The molecule has 0 aliphatic carbocycles. The molecule has 90 valence electrons. The number of anilines is 1. The number of rotatable bonds is 3. The topological polar surface area (TPSA) is 55.1 Å². The van der Waals surface area contributed by atoms with Gasteiger partial charge in [0.05, 0.1) is 6.54 Å². The van der Waals surface area contributed by atoms with E-state index in [4.69, 9.17) is 11.6 Å². The number of nitrogens with zero attached hydrogens (tertiary/aromatic N) is 4. The van der Waals surface area contributed by atoms with E-state index < -0.39 is 0 Å². The van der Waals surface area contributed by atoms with E-state index in [9.17, 15) is 0 Å². The molecule has 1 N–H and O–H groups in total. The Kier molecular flexibility index (Phi) is 2.82. The molecule has 0 saturated carbocycles. The summed E-state index contributed by atoms with van der Waals surface area (Å²) in [6.07, 6.45) is 1.71. The molecule has 3 rings (SSSR count). The third-order valence-electron chi connectivity index (χ3n) is 2.54. The van der Waals surface area contributed by atoms with Gasteiger partial charge in [-0.25, -0.2) is 0 Å². The van der Waals surface area contributed by atoms with Crippen LogP contribution in [0.15, 0.2) is 42.6 Å². The first kappa shape index (κ1) is 11.0. The fourth-order valence-corrected chi connectivity index (χ4v) is 1.77. The summed E-state index contributed by atoms with van der Waals surface area (Å²) in [4.78, 5) is 0. The van der Waals surface area contributed by atoms with Crippen molar-refractivity contribution in [2.75, 3.05) is 5.32 Å². The number of benzene rings is 1. The second-order valence-corrected chi connectivity index (χ2v) is 4.21. The molecule has 2 aromatic heterocycles. The minimum absolute atomic E-state index is 0.555. The van der Waals surface area contributed by atoms with Crippen molar-refractivity contribution in [2.45, 2.75) is 6.54 Å². The van der Waals surface area contributed by atoms with Crippen LogP contribution in [0.3, 0.4) is 0 Å². The zero-order valence-corrected chi connectivity index (χ0v) is 10.2. The van der Waals surface area contributed by atoms with E-state index in [1.165, 1.54) is 0 Å². The standard InChI is InChI=1S/C12H10ClN5/c13-9-3-5-10(6-4-9)14-8-12-17-16-11-2-1-7-15-18(11)12/h1-7,14H,8H2. The molecule has 0 fully saturated rings. The molecule has 0 amide bonds. The van der Waals surface area contributed by atoms with Crippen LogP contribution >= 0.6 is 11.6 Å². The second kappa shape index (κ2) is 4.62. The Labute approximate surface area is 108 Å². The van der Waals surface area contributed by atoms with Gasteiger partial charge in [0.2, 0.25) is 0 Å². The summed E-state index contributed by atoms with van der Waals surface area (Å²) in [5, 5.41) is 16.3. The lowest BCUT2D eigenvalue weighted by Gasteiger charge is -2.04. The van der Waals surface area contributed by atoms with E-state index >= 15 is 0 Å². The first-order chi connectivity index (χ1) is 8.83. The third kappa shape index (κ3) is 2.12. The second-order valence-electron chi connectivity index (χ2n) is 3.77. The van der Waals surface area contributed by atoms with Gasteiger partial charge >= 0.3 is 0 Å². The molecule has 2 heterocycles. The molecule has 18 heavy (non-hydrogen) atoms. The largest absolute Gasteiger partial charge is 0.378 e. The number of aromatic nitrogens is 4. The van der Waals surface area contributed by atoms with Crippen molar-refractivity contribution in [3.63, 3.8) is 0 Å². The van der Waals surface area contributed by atoms with Crippen molar-refractivity contribution in [1.82, 2.24) is 19.8 Å². The Bertz CT molecular complexity index is 662. The number of hydrogen-bond acceptors (Lipinski definition) is 4. The lowest BCUT2D eigenvalue weighted by molar-refractivity contribution is 0.828. The molecule has 0 unspecified atom stereocenters. The SMILES string of the molecule is Clc1ccc(NCc2nnc3cccnn23)cc1. The Balaban J connectivity index is 1.79. The van der Waals surface area contributed by atoms with Gasteiger partial charge in [0.1, 0.15) is 0 Å². The first-order valence-electron chi connectivity index (χ1n) is 5.48. The zero-order chi connectivity index (χ0) is 12.4. The summed E-state index contributed by atoms with van der Waals surface area (Å²) in [6.45, 7) is 0.555. The van der Waals surface area contributed by atoms with Crippen LogP contribution in [0.1, 0.15) is 5.82 Å². The van der Waals surface area contributed by atoms with E-state index in [2.05, 4.69) is 20.6 Å². The number of fused-ring (bicyclic) bond motifs is 1. The van der Waals surface area contributed by atoms with Gasteiger partial charge in [-0.1, -0.05) is 11.6 Å². The van der Waals surface area contributed by atoms with Gasteiger partial charge < -0.3 is 5.32 Å². The molecule has 0 radical (unpaired) electrons. The summed E-state index contributed by atoms with van der Waals surface area (Å²) in [6, 6.07) is 11.2. The molecule has 0 spiro atoms. The molecule has 0 saturated heterocycles. The maximum atomic E-state index is 5.83. The first-order valence-corrected chi connectivity index (χ1v) is 5.85. The van der Waals surface area contributed by atoms with Crippen molar-refractivity contribution >= 4 is 22.9 Å². The van der Waals surface area contributed by atoms with Crippen molar-refractivity contribution < 1.29 is 0 Å². The molecule has 1 aromatic carbocycles. The maximum Gasteiger partial charge on any atom is 0.177 e. The van der Waals surface area contributed by atoms with Crippen LogP contribution in [0.5, 0.6) is 0 Å². The van der Waals surface area contributed by atoms with Crippen molar-refractivity contribution in [3.8, 4) is 0 Å². The van der Waals surface area contributed by atoms with Crippen molar-refractivity contribution in [3.05, 3.63) is 53.4 Å². The molecular formula is C12H10ClN5. The van der Waals surface area contributed by atoms with Crippen LogP contribution in [-0.4, -0.2) is 19.8 Å². The highest BCUT2D eigenvalue weighted by Crippen LogP contribution is 2.14. The minimum Gasteiger partial charge on any atom is -0.378 e. The predicted octanol–water partition coefficient (Wildman–Crippen LogP) is 2.39. The highest BCUT2D eigenvalue weighted by Gasteiger charge is 2.04. The van der Waals surface area contributed by atoms with Crippen LogP contribution in [0.25, 0.3) is 5.65 Å². The fraction of sp³-hybridized carbons (Fsp3) is 0.0833. The minimum atomic E-state index is 0.555. The molecular weight excluding hydrogens is 250 g/mol. The van der Waals surface area contributed by atoms with Crippen LogP contribution in [0.4, 0.5) is 5.69 Å². The lowest BCUT2D eigenvalue weighted by atomic mass is 10.3. The summed E-state index contributed by atoms with van der Waals surface area (Å²) >= 11 is 5.83. The Hall–Kier alpha value is -2.14. The third-order valence-corrected chi connectivity index (χ3v) is 2.79. The van der Waals surface area contributed by atoms with Gasteiger partial charge in [-0.2, -0.15) is 9.61 Å². The molecule has 3 aromatic rings. The van der Waals surface area contributed by atoms with Gasteiger partial charge in [-0.15, -0.1) is 10.2 Å². The molecule has 0 aliphatic heterocycles. The van der Waals surface area contributed by atoms with E-state index in [0.717, 1.165) is 22.2 Å². The Morgan fingerprint density at radius 2 is 1.94 bits per heavy atom. The zero-order valence-electron chi connectivity index (χ0n) is 9.42. The van der Waals surface area contributed by atoms with Crippen LogP contribution < -0.4 is 5.32 Å². The van der Waals surface area contributed by atoms with Crippen LogP contribution in [0, 0.1) is 0 Å². The van der Waals surface area contributed by atoms with Crippen molar-refractivity contribution in [1.29, 1.82) is 0 Å². The maximum absolute atomic E-state index is 5.83. The van der Waals surface area contributed by atoms with Gasteiger partial charge in [-0.3, -0.25) is 0 Å². The summed E-state index contributed by atoms with van der Waals surface area (Å²) in [7, 11) is 0. The molecule has 5 nitrogen and oxygen atoms in total. The van der Waals surface area contributed by atoms with Crippen molar-refractivity contribution in [2.24, 2.45) is 0 Å². The summed E-state index contributed by atoms with van der Waals surface area (Å²) in [5.41, 5.74) is 1.72. The number of nitrogens with one attached hydrogen (secondary N) is 1. The molecule has 0 aliphatic rings. The predicted molar refractivity (Wildman–Crippen MR) is 69.6 cm³/mol. The number of hydrogen-bond donors (Lipinski definition) is 1. The Morgan fingerprint density at radius 1 is 1.11 bits per heavy atom. The quantitative estimate of drug-likeness (QED) is 0.785. The average Bonchev–Trinajstić information content (AvgIpc) is 2.82. The van der Waals surface area contributed by atoms with Gasteiger partial charge in [0.25, 0.3) is 0 Å². The van der Waals surface area contributed by atoms with E-state index in [0.29, 0.717) is 6.54 Å². The van der Waals surface area contributed by atoms with Crippen LogP contribution in [0.2, 0.25) is 5.02 Å². The normalized spacial score (nSPS) is 10.7. The molecule has 0 bridgehead atoms. The van der Waals surface area contributed by atoms with E-state index in [1.54, 1.807) is 10.7 Å². The average molecular weight is 260 g/mol. The van der Waals surface area contributed by atoms with E-state index in [-0.39, 0.29) is 0 Å². The summed E-state index contributed by atoms with van der Waals surface area (Å²) < 4.78 is 1.71. The highest BCUT2D eigenvalue weighted by molar-refractivity contribution is 6.30. The van der Waals surface area contributed by atoms with E-state index in [1.807, 2.05) is 36.4 Å². The van der Waals surface area contributed by atoms with Gasteiger partial charge in [0.15, 0.2) is 11.5 Å². The number of halogens is 1. The molecule has 6 heteroatoms. The molecule has 0 atom stereocenters. The van der Waals surface area contributed by atoms with Gasteiger partial charge in [-0.05, 0) is 36.4 Å². The Morgan fingerprint density at radius 3 is 2.78 bits per heavy atom. The fourth-order valence-electron chi connectivity index (χ4n) is 1.65. The van der Waals surface area contributed by atoms with Crippen LogP contribution in [-0.2, 0) is 6.54 Å². The monoisotopic (exact) mass is 259 g/mol. The summed E-state index contributed by atoms with van der Waals surface area (Å²) in [5.74, 6) is 0.764. The lowest BCUT2D eigenvalue weighted by Crippen LogP contribution is -2.05. The van der Waals surface area contributed by atoms with Gasteiger partial charge in [0, 0.05) is 16.9 Å². The smallest absolute Gasteiger partial charge is 0.177 e. The highest BCUT2D eigenvalue weighted by atomic mass is 35.5.